The standard InChI is InChI=1S/C37H32N2O6/c1-23-28-17-18-33(24(2)34(28)45-35(40)30(23)19-25-11-5-3-6-12-25)44-36(41)32(20-27-21-38-31-16-10-9-15-29(27)31)39-37(42)43-22-26-13-7-4-8-14-26/h3-18,21,32,38H,19-20,22H2,1-2H3,(H,39,42). The van der Waals surface area contributed by atoms with E-state index in [1.165, 1.54) is 0 Å². The first-order chi connectivity index (χ1) is 21.9. The molecule has 0 aliphatic heterocycles. The molecule has 0 aliphatic carbocycles. The molecule has 0 saturated carbocycles. The van der Waals surface area contributed by atoms with Crippen LogP contribution in [0, 0.1) is 13.8 Å². The first kappa shape index (κ1) is 29.4. The molecule has 0 fully saturated rings. The molecule has 6 aromatic rings. The molecule has 4 aromatic carbocycles. The summed E-state index contributed by atoms with van der Waals surface area (Å²) in [6.07, 6.45) is 1.67. The normalized spacial score (nSPS) is 11.8. The van der Waals surface area contributed by atoms with Crippen molar-refractivity contribution in [3.8, 4) is 5.75 Å². The van der Waals surface area contributed by atoms with E-state index in [9.17, 15) is 14.4 Å². The summed E-state index contributed by atoms with van der Waals surface area (Å²) in [6, 6.07) is 29.1. The third kappa shape index (κ3) is 6.50. The molecule has 2 N–H and O–H groups in total. The Hall–Kier alpha value is -5.63. The number of amides is 1. The molecule has 45 heavy (non-hydrogen) atoms. The minimum absolute atomic E-state index is 0.0515. The zero-order valence-corrected chi connectivity index (χ0v) is 25.0. The van der Waals surface area contributed by atoms with Crippen molar-refractivity contribution in [3.05, 3.63) is 147 Å². The van der Waals surface area contributed by atoms with Gasteiger partial charge >= 0.3 is 17.7 Å². The Morgan fingerprint density at radius 2 is 1.51 bits per heavy atom. The minimum Gasteiger partial charge on any atom is -0.445 e. The summed E-state index contributed by atoms with van der Waals surface area (Å²) in [4.78, 5) is 42.8. The summed E-state index contributed by atoms with van der Waals surface area (Å²) in [5.41, 5.74) is 5.38. The molecule has 0 spiro atoms. The van der Waals surface area contributed by atoms with Gasteiger partial charge in [-0.3, -0.25) is 0 Å². The number of fused-ring (bicyclic) bond motifs is 2. The number of hydrogen-bond donors (Lipinski definition) is 2. The van der Waals surface area contributed by atoms with E-state index in [1.54, 1.807) is 19.1 Å². The average molecular weight is 601 g/mol. The number of rotatable bonds is 9. The van der Waals surface area contributed by atoms with Crippen LogP contribution in [0.1, 0.15) is 33.4 Å². The topological polar surface area (TPSA) is 111 Å². The Balaban J connectivity index is 1.26. The first-order valence-corrected chi connectivity index (χ1v) is 14.7. The SMILES string of the molecule is Cc1c(Cc2ccccc2)c(=O)oc2c(C)c(OC(=O)C(Cc3c[nH]c4ccccc34)NC(=O)OCc3ccccc3)ccc12. The fraction of sp³-hybridized carbons (Fsp3) is 0.162. The largest absolute Gasteiger partial charge is 0.445 e. The van der Waals surface area contributed by atoms with Crippen molar-refractivity contribution < 1.29 is 23.5 Å². The molecule has 0 saturated heterocycles. The number of carbonyl (C=O) groups excluding carboxylic acids is 2. The maximum absolute atomic E-state index is 13.7. The molecule has 1 amide bonds. The van der Waals surface area contributed by atoms with Gasteiger partial charge in [-0.15, -0.1) is 0 Å². The number of H-pyrrole nitrogens is 1. The van der Waals surface area contributed by atoms with Crippen LogP contribution in [0.2, 0.25) is 0 Å². The van der Waals surface area contributed by atoms with E-state index in [0.717, 1.165) is 38.5 Å². The Bertz CT molecular complexity index is 2050. The van der Waals surface area contributed by atoms with E-state index in [-0.39, 0.29) is 18.8 Å². The van der Waals surface area contributed by atoms with Gasteiger partial charge < -0.3 is 24.2 Å². The predicted molar refractivity (Wildman–Crippen MR) is 172 cm³/mol. The molecule has 6 rings (SSSR count). The fourth-order valence-corrected chi connectivity index (χ4v) is 5.49. The van der Waals surface area contributed by atoms with Crippen LogP contribution in [0.25, 0.3) is 21.9 Å². The molecule has 226 valence electrons. The van der Waals surface area contributed by atoms with Crippen molar-refractivity contribution in [2.45, 2.75) is 39.3 Å². The Kier molecular flexibility index (Phi) is 8.46. The van der Waals surface area contributed by atoms with Gasteiger partial charge in [0, 0.05) is 46.5 Å². The van der Waals surface area contributed by atoms with E-state index in [1.807, 2.05) is 98.0 Å². The summed E-state index contributed by atoms with van der Waals surface area (Å²) < 4.78 is 17.1. The smallest absolute Gasteiger partial charge is 0.408 e. The number of aryl methyl sites for hydroxylation is 2. The van der Waals surface area contributed by atoms with Gasteiger partial charge in [-0.1, -0.05) is 78.9 Å². The lowest BCUT2D eigenvalue weighted by Crippen LogP contribution is -2.44. The molecular formula is C37H32N2O6. The third-order valence-corrected chi connectivity index (χ3v) is 7.98. The second-order valence-electron chi connectivity index (χ2n) is 11.0. The Morgan fingerprint density at radius 3 is 2.27 bits per heavy atom. The summed E-state index contributed by atoms with van der Waals surface area (Å²) in [6.45, 7) is 3.68. The molecule has 1 unspecified atom stereocenters. The zero-order chi connectivity index (χ0) is 31.3. The lowest BCUT2D eigenvalue weighted by atomic mass is 9.98. The monoisotopic (exact) mass is 600 g/mol. The van der Waals surface area contributed by atoms with Crippen molar-refractivity contribution in [1.82, 2.24) is 10.3 Å². The van der Waals surface area contributed by atoms with E-state index in [2.05, 4.69) is 10.3 Å². The van der Waals surface area contributed by atoms with E-state index in [0.29, 0.717) is 23.1 Å². The first-order valence-electron chi connectivity index (χ1n) is 14.7. The number of aromatic nitrogens is 1. The van der Waals surface area contributed by atoms with E-state index in [4.69, 9.17) is 13.9 Å². The summed E-state index contributed by atoms with van der Waals surface area (Å²) in [5, 5.41) is 4.38. The fourth-order valence-electron chi connectivity index (χ4n) is 5.49. The summed E-state index contributed by atoms with van der Waals surface area (Å²) >= 11 is 0. The zero-order valence-electron chi connectivity index (χ0n) is 25.0. The van der Waals surface area contributed by atoms with Crippen LogP contribution in [0.5, 0.6) is 5.75 Å². The molecule has 0 radical (unpaired) electrons. The van der Waals surface area contributed by atoms with Crippen molar-refractivity contribution in [2.75, 3.05) is 0 Å². The molecule has 0 aliphatic rings. The highest BCUT2D eigenvalue weighted by atomic mass is 16.6. The van der Waals surface area contributed by atoms with Gasteiger partial charge in [-0.2, -0.15) is 0 Å². The van der Waals surface area contributed by atoms with Crippen molar-refractivity contribution in [1.29, 1.82) is 0 Å². The lowest BCUT2D eigenvalue weighted by molar-refractivity contribution is -0.136. The molecule has 0 bridgehead atoms. The number of aromatic amines is 1. The number of carbonyl (C=O) groups is 2. The predicted octanol–water partition coefficient (Wildman–Crippen LogP) is 6.93. The van der Waals surface area contributed by atoms with Crippen LogP contribution in [-0.4, -0.2) is 23.1 Å². The van der Waals surface area contributed by atoms with Gasteiger partial charge in [0.05, 0.1) is 0 Å². The minimum atomic E-state index is -1.07. The van der Waals surface area contributed by atoms with Gasteiger partial charge in [0.1, 0.15) is 24.0 Å². The lowest BCUT2D eigenvalue weighted by Gasteiger charge is -2.19. The van der Waals surface area contributed by atoms with Crippen LogP contribution in [-0.2, 0) is 29.0 Å². The van der Waals surface area contributed by atoms with Gasteiger partial charge in [0.15, 0.2) is 0 Å². The van der Waals surface area contributed by atoms with Crippen LogP contribution >= 0.6 is 0 Å². The molecule has 2 aromatic heterocycles. The number of nitrogens with one attached hydrogen (secondary N) is 2. The van der Waals surface area contributed by atoms with Crippen molar-refractivity contribution in [3.63, 3.8) is 0 Å². The molecule has 8 heteroatoms. The Morgan fingerprint density at radius 1 is 0.822 bits per heavy atom. The van der Waals surface area contributed by atoms with Crippen LogP contribution in [0.3, 0.4) is 0 Å². The van der Waals surface area contributed by atoms with Gasteiger partial charge in [0.2, 0.25) is 0 Å². The molecule has 2 heterocycles. The highest BCUT2D eigenvalue weighted by molar-refractivity contribution is 5.89. The van der Waals surface area contributed by atoms with Crippen LogP contribution in [0.4, 0.5) is 4.79 Å². The number of ether oxygens (including phenoxy) is 2. The maximum Gasteiger partial charge on any atom is 0.408 e. The summed E-state index contributed by atoms with van der Waals surface area (Å²) in [5.74, 6) is -0.451. The van der Waals surface area contributed by atoms with Crippen molar-refractivity contribution in [2.24, 2.45) is 0 Å². The number of esters is 1. The molecule has 1 atom stereocenters. The second kappa shape index (κ2) is 12.9. The molecular weight excluding hydrogens is 568 g/mol. The Labute approximate surface area is 259 Å². The highest BCUT2D eigenvalue weighted by Crippen LogP contribution is 2.30. The second-order valence-corrected chi connectivity index (χ2v) is 11.0. The number of benzene rings is 4. The van der Waals surface area contributed by atoms with Gasteiger partial charge in [-0.05, 0) is 54.3 Å². The van der Waals surface area contributed by atoms with Crippen LogP contribution in [0.15, 0.2) is 112 Å². The van der Waals surface area contributed by atoms with Gasteiger partial charge in [0.25, 0.3) is 0 Å². The van der Waals surface area contributed by atoms with E-state index < -0.39 is 23.7 Å². The average Bonchev–Trinajstić information content (AvgIpc) is 3.47. The summed E-state index contributed by atoms with van der Waals surface area (Å²) in [7, 11) is 0. The third-order valence-electron chi connectivity index (χ3n) is 7.98. The number of alkyl carbamates (subject to hydrolysis) is 1. The maximum atomic E-state index is 13.7. The quantitative estimate of drug-likeness (QED) is 0.106. The number of hydrogen-bond acceptors (Lipinski definition) is 6. The highest BCUT2D eigenvalue weighted by Gasteiger charge is 2.27. The van der Waals surface area contributed by atoms with Crippen LogP contribution < -0.4 is 15.7 Å². The number of para-hydroxylation sites is 1. The van der Waals surface area contributed by atoms with E-state index >= 15 is 0 Å². The molecule has 8 nitrogen and oxygen atoms in total. The van der Waals surface area contributed by atoms with Gasteiger partial charge in [-0.25, -0.2) is 14.4 Å². The van der Waals surface area contributed by atoms with Crippen molar-refractivity contribution >= 4 is 33.9 Å².